The number of ether oxygens (including phenoxy) is 3. The van der Waals surface area contributed by atoms with Crippen molar-refractivity contribution in [1.29, 1.82) is 0 Å². The van der Waals surface area contributed by atoms with Crippen LogP contribution < -0.4 is 16.0 Å². The highest BCUT2D eigenvalue weighted by molar-refractivity contribution is 7.80. The molecule has 0 amide bonds. The van der Waals surface area contributed by atoms with Gasteiger partial charge in [-0.3, -0.25) is 0 Å². The number of benzene rings is 2. The van der Waals surface area contributed by atoms with Gasteiger partial charge in [-0.1, -0.05) is 19.9 Å². The van der Waals surface area contributed by atoms with Crippen LogP contribution in [-0.4, -0.2) is 68.3 Å². The van der Waals surface area contributed by atoms with Crippen molar-refractivity contribution in [3.63, 3.8) is 0 Å². The van der Waals surface area contributed by atoms with Gasteiger partial charge in [0.15, 0.2) is 5.11 Å². The van der Waals surface area contributed by atoms with Crippen molar-refractivity contribution in [1.82, 2.24) is 14.9 Å². The van der Waals surface area contributed by atoms with Crippen molar-refractivity contribution >= 4 is 45.7 Å². The number of nitrogens with zero attached hydrogens (tertiary/aromatic N) is 2. The SMILES string of the molecule is COCCCNC(=S)Nc1cccc(-c2nc3cc(C(=O)OC)ccc3n2CCC(C)C)c1NCCCOC. The molecule has 1 aromatic heterocycles. The van der Waals surface area contributed by atoms with Crippen LogP contribution in [0.3, 0.4) is 0 Å². The van der Waals surface area contributed by atoms with Crippen molar-refractivity contribution in [2.45, 2.75) is 39.7 Å². The van der Waals surface area contributed by atoms with Crippen LogP contribution in [-0.2, 0) is 20.8 Å². The molecule has 39 heavy (non-hydrogen) atoms. The van der Waals surface area contributed by atoms with Gasteiger partial charge in [0.2, 0.25) is 0 Å². The Hall–Kier alpha value is -3.21. The first kappa shape index (κ1) is 30.3. The first-order valence-electron chi connectivity index (χ1n) is 13.4. The Kier molecular flexibility index (Phi) is 12.0. The van der Waals surface area contributed by atoms with E-state index in [2.05, 4.69) is 40.4 Å². The van der Waals surface area contributed by atoms with Gasteiger partial charge < -0.3 is 34.7 Å². The predicted octanol–water partition coefficient (Wildman–Crippen LogP) is 5.31. The second-order valence-electron chi connectivity index (χ2n) is 9.69. The summed E-state index contributed by atoms with van der Waals surface area (Å²) in [5, 5.41) is 10.7. The topological polar surface area (TPSA) is 98.7 Å². The number of methoxy groups -OCH3 is 3. The number of aryl methyl sites for hydroxylation is 1. The number of thiocarbonyl (C=S) groups is 1. The summed E-state index contributed by atoms with van der Waals surface area (Å²) in [5.74, 6) is 0.962. The Morgan fingerprint density at radius 3 is 2.49 bits per heavy atom. The standard InChI is InChI=1S/C29H41N5O4S/c1-20(2)13-16-34-25-12-11-21(28(35)38-5)19-24(25)32-27(34)22-9-6-10-23(26(22)30-14-7-17-36-3)33-29(39)31-15-8-18-37-4/h6,9-12,19-20,30H,7-8,13-18H2,1-5H3,(H2,31,33,39). The maximum absolute atomic E-state index is 12.2. The lowest BCUT2D eigenvalue weighted by atomic mass is 10.1. The fourth-order valence-electron chi connectivity index (χ4n) is 4.24. The quantitative estimate of drug-likeness (QED) is 0.131. The summed E-state index contributed by atoms with van der Waals surface area (Å²) in [6, 6.07) is 11.6. The third kappa shape index (κ3) is 8.39. The first-order valence-corrected chi connectivity index (χ1v) is 13.8. The molecule has 0 saturated heterocycles. The van der Waals surface area contributed by atoms with Crippen molar-refractivity contribution in [2.75, 3.05) is 58.3 Å². The van der Waals surface area contributed by atoms with Gasteiger partial charge >= 0.3 is 5.97 Å². The highest BCUT2D eigenvalue weighted by Crippen LogP contribution is 2.36. The zero-order valence-electron chi connectivity index (χ0n) is 23.6. The number of anilines is 2. The highest BCUT2D eigenvalue weighted by Gasteiger charge is 2.20. The van der Waals surface area contributed by atoms with E-state index in [1.807, 2.05) is 18.2 Å². The Labute approximate surface area is 236 Å². The van der Waals surface area contributed by atoms with Crippen LogP contribution in [0.25, 0.3) is 22.4 Å². The average molecular weight is 556 g/mol. The number of fused-ring (bicyclic) bond motifs is 1. The Morgan fingerprint density at radius 2 is 1.79 bits per heavy atom. The minimum atomic E-state index is -0.381. The molecule has 3 rings (SSSR count). The molecule has 0 fully saturated rings. The van der Waals surface area contributed by atoms with Gasteiger partial charge in [0.25, 0.3) is 0 Å². The number of imidazole rings is 1. The van der Waals surface area contributed by atoms with E-state index in [1.54, 1.807) is 26.4 Å². The summed E-state index contributed by atoms with van der Waals surface area (Å²) in [6.07, 6.45) is 2.69. The number of esters is 1. The van der Waals surface area contributed by atoms with Gasteiger partial charge in [-0.2, -0.15) is 0 Å². The lowest BCUT2D eigenvalue weighted by Gasteiger charge is -2.20. The minimum absolute atomic E-state index is 0.381. The first-order chi connectivity index (χ1) is 18.9. The van der Waals surface area contributed by atoms with Gasteiger partial charge in [-0.15, -0.1) is 0 Å². The molecule has 0 aliphatic rings. The van der Waals surface area contributed by atoms with E-state index in [0.29, 0.717) is 42.9 Å². The molecule has 0 atom stereocenters. The third-order valence-electron chi connectivity index (χ3n) is 6.29. The number of hydrogen-bond donors (Lipinski definition) is 3. The fourth-order valence-corrected chi connectivity index (χ4v) is 4.45. The van der Waals surface area contributed by atoms with Crippen LogP contribution in [0, 0.1) is 5.92 Å². The van der Waals surface area contributed by atoms with Crippen molar-refractivity contribution in [3.8, 4) is 11.4 Å². The number of carbonyl (C=O) groups is 1. The second-order valence-corrected chi connectivity index (χ2v) is 10.1. The maximum atomic E-state index is 12.2. The second kappa shape index (κ2) is 15.4. The molecule has 0 unspecified atom stereocenters. The lowest BCUT2D eigenvalue weighted by Crippen LogP contribution is -2.30. The summed E-state index contributed by atoms with van der Waals surface area (Å²) in [6.45, 7) is 7.96. The molecular formula is C29H41N5O4S. The molecule has 0 aliphatic carbocycles. The van der Waals surface area contributed by atoms with Crippen LogP contribution in [0.4, 0.5) is 11.4 Å². The molecule has 212 valence electrons. The van der Waals surface area contributed by atoms with Gasteiger partial charge in [0.1, 0.15) is 5.82 Å². The van der Waals surface area contributed by atoms with E-state index in [9.17, 15) is 4.79 Å². The summed E-state index contributed by atoms with van der Waals surface area (Å²) in [4.78, 5) is 17.2. The largest absolute Gasteiger partial charge is 0.465 e. The van der Waals surface area contributed by atoms with Gasteiger partial charge in [-0.05, 0) is 67.7 Å². The number of para-hydroxylation sites is 1. The van der Waals surface area contributed by atoms with Crippen LogP contribution in [0.15, 0.2) is 36.4 Å². The van der Waals surface area contributed by atoms with Crippen LogP contribution >= 0.6 is 12.2 Å². The maximum Gasteiger partial charge on any atom is 0.337 e. The number of carbonyl (C=O) groups excluding carboxylic acids is 1. The van der Waals surface area contributed by atoms with Crippen molar-refractivity contribution in [3.05, 3.63) is 42.0 Å². The Balaban J connectivity index is 2.06. The van der Waals surface area contributed by atoms with Crippen LogP contribution in [0.1, 0.15) is 43.5 Å². The predicted molar refractivity (Wildman–Crippen MR) is 162 cm³/mol. The van der Waals surface area contributed by atoms with Crippen LogP contribution in [0.5, 0.6) is 0 Å². The minimum Gasteiger partial charge on any atom is -0.465 e. The smallest absolute Gasteiger partial charge is 0.337 e. The number of aromatic nitrogens is 2. The van der Waals surface area contributed by atoms with E-state index in [0.717, 1.165) is 59.6 Å². The summed E-state index contributed by atoms with van der Waals surface area (Å²) < 4.78 is 17.6. The van der Waals surface area contributed by atoms with Gasteiger partial charge in [0, 0.05) is 52.6 Å². The molecule has 1 heterocycles. The molecule has 3 aromatic rings. The summed E-state index contributed by atoms with van der Waals surface area (Å²) in [5.41, 5.74) is 4.89. The Morgan fingerprint density at radius 1 is 1.05 bits per heavy atom. The molecule has 3 N–H and O–H groups in total. The van der Waals surface area contributed by atoms with Crippen molar-refractivity contribution in [2.24, 2.45) is 5.92 Å². The molecule has 0 aliphatic heterocycles. The number of hydrogen-bond acceptors (Lipinski definition) is 7. The summed E-state index contributed by atoms with van der Waals surface area (Å²) in [7, 11) is 4.78. The number of rotatable bonds is 15. The van der Waals surface area contributed by atoms with Crippen LogP contribution in [0.2, 0.25) is 0 Å². The zero-order valence-corrected chi connectivity index (χ0v) is 24.5. The van der Waals surface area contributed by atoms with E-state index in [1.165, 1.54) is 7.11 Å². The molecule has 0 spiro atoms. The zero-order chi connectivity index (χ0) is 28.2. The van der Waals surface area contributed by atoms with E-state index in [-0.39, 0.29) is 5.97 Å². The normalized spacial score (nSPS) is 11.1. The molecule has 9 nitrogen and oxygen atoms in total. The average Bonchev–Trinajstić information content (AvgIpc) is 3.29. The molecule has 0 radical (unpaired) electrons. The molecule has 2 aromatic carbocycles. The lowest BCUT2D eigenvalue weighted by molar-refractivity contribution is 0.0601. The summed E-state index contributed by atoms with van der Waals surface area (Å²) >= 11 is 5.58. The fraction of sp³-hybridized carbons (Fsp3) is 0.483. The molecule has 0 bridgehead atoms. The van der Waals surface area contributed by atoms with Gasteiger partial charge in [-0.25, -0.2) is 9.78 Å². The molecule has 0 saturated carbocycles. The van der Waals surface area contributed by atoms with Crippen molar-refractivity contribution < 1.29 is 19.0 Å². The third-order valence-corrected chi connectivity index (χ3v) is 6.54. The van der Waals surface area contributed by atoms with E-state index >= 15 is 0 Å². The highest BCUT2D eigenvalue weighted by atomic mass is 32.1. The monoisotopic (exact) mass is 555 g/mol. The van der Waals surface area contributed by atoms with E-state index in [4.69, 9.17) is 31.4 Å². The molecule has 10 heteroatoms. The number of nitrogens with one attached hydrogen (secondary N) is 3. The molecular weight excluding hydrogens is 514 g/mol. The van der Waals surface area contributed by atoms with E-state index < -0.39 is 0 Å². The van der Waals surface area contributed by atoms with Gasteiger partial charge in [0.05, 0.1) is 35.1 Å². The Bertz CT molecular complexity index is 1240.